The number of hydrogen-bond donors (Lipinski definition) is 2. The SMILES string of the molecule is CCS(=O)(=O)c1cccc(C(=O)NC(C)CC(=O)O)c1. The van der Waals surface area contributed by atoms with Gasteiger partial charge < -0.3 is 10.4 Å². The van der Waals surface area contributed by atoms with Gasteiger partial charge in [-0.15, -0.1) is 0 Å². The van der Waals surface area contributed by atoms with Gasteiger partial charge in [-0.2, -0.15) is 0 Å². The number of carbonyl (C=O) groups excluding carboxylic acids is 1. The van der Waals surface area contributed by atoms with E-state index in [1.165, 1.54) is 31.2 Å². The largest absolute Gasteiger partial charge is 0.481 e. The number of carboxylic acid groups (broad SMARTS) is 1. The number of carbonyl (C=O) groups is 2. The second-order valence-corrected chi connectivity index (χ2v) is 6.68. The highest BCUT2D eigenvalue weighted by Crippen LogP contribution is 2.13. The van der Waals surface area contributed by atoms with Gasteiger partial charge in [0.2, 0.25) is 0 Å². The Bertz CT molecular complexity index is 609. The van der Waals surface area contributed by atoms with Gasteiger partial charge >= 0.3 is 5.97 Å². The molecule has 0 aliphatic carbocycles. The second-order valence-electron chi connectivity index (χ2n) is 4.40. The molecule has 0 aliphatic rings. The van der Waals surface area contributed by atoms with Crippen LogP contribution in [0, 0.1) is 0 Å². The molecule has 0 spiro atoms. The van der Waals surface area contributed by atoms with Crippen molar-refractivity contribution in [1.82, 2.24) is 5.32 Å². The Balaban J connectivity index is 2.90. The minimum Gasteiger partial charge on any atom is -0.481 e. The maximum atomic E-state index is 11.9. The summed E-state index contributed by atoms with van der Waals surface area (Å²) in [6.45, 7) is 3.09. The number of nitrogens with one attached hydrogen (secondary N) is 1. The molecule has 20 heavy (non-hydrogen) atoms. The predicted molar refractivity (Wildman–Crippen MR) is 73.3 cm³/mol. The van der Waals surface area contributed by atoms with Gasteiger partial charge in [0, 0.05) is 11.6 Å². The molecule has 6 nitrogen and oxygen atoms in total. The molecule has 1 rings (SSSR count). The Hall–Kier alpha value is -1.89. The third kappa shape index (κ3) is 4.34. The summed E-state index contributed by atoms with van der Waals surface area (Å²) in [5, 5.41) is 11.1. The molecule has 0 aliphatic heterocycles. The van der Waals surface area contributed by atoms with Crippen molar-refractivity contribution in [3.63, 3.8) is 0 Å². The van der Waals surface area contributed by atoms with Crippen molar-refractivity contribution in [3.8, 4) is 0 Å². The quantitative estimate of drug-likeness (QED) is 0.818. The molecule has 0 saturated heterocycles. The summed E-state index contributed by atoms with van der Waals surface area (Å²) in [5.41, 5.74) is 0.191. The number of hydrogen-bond acceptors (Lipinski definition) is 4. The topological polar surface area (TPSA) is 101 Å². The lowest BCUT2D eigenvalue weighted by Crippen LogP contribution is -2.34. The lowest BCUT2D eigenvalue weighted by molar-refractivity contribution is -0.137. The average molecular weight is 299 g/mol. The molecule has 110 valence electrons. The van der Waals surface area contributed by atoms with Gasteiger partial charge in [-0.3, -0.25) is 9.59 Å². The lowest BCUT2D eigenvalue weighted by Gasteiger charge is -2.12. The molecule has 1 amide bonds. The molecule has 0 radical (unpaired) electrons. The van der Waals surface area contributed by atoms with Crippen molar-refractivity contribution >= 4 is 21.7 Å². The first-order valence-corrected chi connectivity index (χ1v) is 7.77. The first-order valence-electron chi connectivity index (χ1n) is 6.11. The van der Waals surface area contributed by atoms with E-state index in [1.54, 1.807) is 6.92 Å². The number of aliphatic carboxylic acids is 1. The van der Waals surface area contributed by atoms with Crippen LogP contribution in [0.5, 0.6) is 0 Å². The van der Waals surface area contributed by atoms with Crippen LogP contribution in [-0.2, 0) is 14.6 Å². The van der Waals surface area contributed by atoms with Crippen LogP contribution in [0.15, 0.2) is 29.2 Å². The highest BCUT2D eigenvalue weighted by atomic mass is 32.2. The van der Waals surface area contributed by atoms with E-state index >= 15 is 0 Å². The maximum Gasteiger partial charge on any atom is 0.305 e. The zero-order valence-corrected chi connectivity index (χ0v) is 12.1. The van der Waals surface area contributed by atoms with Gasteiger partial charge in [-0.25, -0.2) is 8.42 Å². The fourth-order valence-corrected chi connectivity index (χ4v) is 2.54. The van der Waals surface area contributed by atoms with E-state index in [4.69, 9.17) is 5.11 Å². The van der Waals surface area contributed by atoms with Crippen molar-refractivity contribution in [2.75, 3.05) is 5.75 Å². The van der Waals surface area contributed by atoms with Crippen LogP contribution in [0.25, 0.3) is 0 Å². The summed E-state index contributed by atoms with van der Waals surface area (Å²) in [6, 6.07) is 5.15. The molecule has 0 bridgehead atoms. The Kier molecular flexibility index (Phi) is 5.26. The minimum atomic E-state index is -3.38. The van der Waals surface area contributed by atoms with Gasteiger partial charge in [0.15, 0.2) is 9.84 Å². The first kappa shape index (κ1) is 16.2. The van der Waals surface area contributed by atoms with E-state index in [9.17, 15) is 18.0 Å². The Morgan fingerprint density at radius 1 is 1.35 bits per heavy atom. The summed E-state index contributed by atoms with van der Waals surface area (Å²) in [7, 11) is -3.38. The van der Waals surface area contributed by atoms with Gasteiger partial charge in [0.25, 0.3) is 5.91 Å². The van der Waals surface area contributed by atoms with Crippen LogP contribution in [-0.4, -0.2) is 37.2 Å². The Morgan fingerprint density at radius 2 is 2.00 bits per heavy atom. The zero-order valence-electron chi connectivity index (χ0n) is 11.3. The number of sulfone groups is 1. The van der Waals surface area contributed by atoms with Crippen LogP contribution in [0.2, 0.25) is 0 Å². The summed E-state index contributed by atoms with van der Waals surface area (Å²) in [5.74, 6) is -1.56. The standard InChI is InChI=1S/C13H17NO5S/c1-3-20(18,19)11-6-4-5-10(8-11)13(17)14-9(2)7-12(15)16/h4-6,8-9H,3,7H2,1-2H3,(H,14,17)(H,15,16). The molecule has 7 heteroatoms. The van der Waals surface area contributed by atoms with E-state index in [0.29, 0.717) is 0 Å². The Morgan fingerprint density at radius 3 is 2.55 bits per heavy atom. The van der Waals surface area contributed by atoms with Gasteiger partial charge in [-0.1, -0.05) is 13.0 Å². The molecular formula is C13H17NO5S. The molecule has 0 fully saturated rings. The van der Waals surface area contributed by atoms with Crippen LogP contribution in [0.1, 0.15) is 30.6 Å². The summed E-state index contributed by atoms with van der Waals surface area (Å²) >= 11 is 0. The van der Waals surface area contributed by atoms with Crippen LogP contribution in [0.3, 0.4) is 0 Å². The first-order chi connectivity index (χ1) is 9.26. The highest BCUT2D eigenvalue weighted by Gasteiger charge is 2.16. The molecule has 0 heterocycles. The number of amides is 1. The summed E-state index contributed by atoms with van der Waals surface area (Å²) < 4.78 is 23.5. The van der Waals surface area contributed by atoms with E-state index < -0.39 is 27.8 Å². The molecular weight excluding hydrogens is 282 g/mol. The number of benzene rings is 1. The fourth-order valence-electron chi connectivity index (χ4n) is 1.62. The summed E-state index contributed by atoms with van der Waals surface area (Å²) in [6.07, 6.45) is -0.196. The van der Waals surface area contributed by atoms with Crippen LogP contribution < -0.4 is 5.32 Å². The Labute approximate surface area is 117 Å². The molecule has 1 aromatic carbocycles. The van der Waals surface area contributed by atoms with Crippen molar-refractivity contribution in [2.24, 2.45) is 0 Å². The predicted octanol–water partition coefficient (Wildman–Crippen LogP) is 1.07. The third-order valence-electron chi connectivity index (χ3n) is 2.69. The zero-order chi connectivity index (χ0) is 15.3. The lowest BCUT2D eigenvalue weighted by atomic mass is 10.2. The average Bonchev–Trinajstić information content (AvgIpc) is 2.37. The molecule has 1 unspecified atom stereocenters. The summed E-state index contributed by atoms with van der Waals surface area (Å²) in [4.78, 5) is 22.5. The van der Waals surface area contributed by atoms with Crippen molar-refractivity contribution in [1.29, 1.82) is 0 Å². The van der Waals surface area contributed by atoms with Crippen LogP contribution >= 0.6 is 0 Å². The van der Waals surface area contributed by atoms with Gasteiger partial charge in [0.05, 0.1) is 17.1 Å². The molecule has 2 N–H and O–H groups in total. The molecule has 1 aromatic rings. The molecule has 0 aromatic heterocycles. The number of rotatable bonds is 6. The van der Waals surface area contributed by atoms with Crippen molar-refractivity contribution in [2.45, 2.75) is 31.2 Å². The monoisotopic (exact) mass is 299 g/mol. The maximum absolute atomic E-state index is 11.9. The highest BCUT2D eigenvalue weighted by molar-refractivity contribution is 7.91. The second kappa shape index (κ2) is 6.51. The van der Waals surface area contributed by atoms with Gasteiger partial charge in [-0.05, 0) is 25.1 Å². The smallest absolute Gasteiger partial charge is 0.305 e. The van der Waals surface area contributed by atoms with E-state index in [2.05, 4.69) is 5.32 Å². The normalized spacial score (nSPS) is 12.7. The van der Waals surface area contributed by atoms with E-state index in [-0.39, 0.29) is 22.6 Å². The van der Waals surface area contributed by atoms with E-state index in [1.807, 2.05) is 0 Å². The fraction of sp³-hybridized carbons (Fsp3) is 0.385. The van der Waals surface area contributed by atoms with E-state index in [0.717, 1.165) is 0 Å². The third-order valence-corrected chi connectivity index (χ3v) is 4.43. The minimum absolute atomic E-state index is 0.0481. The van der Waals surface area contributed by atoms with Crippen molar-refractivity contribution in [3.05, 3.63) is 29.8 Å². The van der Waals surface area contributed by atoms with Crippen molar-refractivity contribution < 1.29 is 23.1 Å². The molecule has 1 atom stereocenters. The van der Waals surface area contributed by atoms with Gasteiger partial charge in [0.1, 0.15) is 0 Å². The van der Waals surface area contributed by atoms with Crippen LogP contribution in [0.4, 0.5) is 0 Å². The number of carboxylic acids is 1. The molecule has 0 saturated carbocycles.